The van der Waals surface area contributed by atoms with E-state index < -0.39 is 18.0 Å². The van der Waals surface area contributed by atoms with Gasteiger partial charge in [-0.05, 0) is 43.4 Å². The van der Waals surface area contributed by atoms with Gasteiger partial charge in [0.05, 0.1) is 6.04 Å². The van der Waals surface area contributed by atoms with E-state index in [1.807, 2.05) is 0 Å². The average molecular weight is 291 g/mol. The van der Waals surface area contributed by atoms with E-state index in [1.54, 1.807) is 24.3 Å². The SMILES string of the molecule is NC(=O)C1CCCCN1C(=O)C(N)Cc1ccc(O)cc1. The summed E-state index contributed by atoms with van der Waals surface area (Å²) in [5.41, 5.74) is 12.2. The largest absolute Gasteiger partial charge is 0.508 e. The smallest absolute Gasteiger partial charge is 0.240 e. The van der Waals surface area contributed by atoms with Crippen LogP contribution in [0.15, 0.2) is 24.3 Å². The second kappa shape index (κ2) is 6.58. The van der Waals surface area contributed by atoms with E-state index in [9.17, 15) is 14.7 Å². The Balaban J connectivity index is 2.03. The van der Waals surface area contributed by atoms with E-state index in [-0.39, 0.29) is 11.7 Å². The molecule has 2 unspecified atom stereocenters. The molecule has 1 aliphatic heterocycles. The Morgan fingerprint density at radius 3 is 2.57 bits per heavy atom. The molecule has 0 radical (unpaired) electrons. The fourth-order valence-electron chi connectivity index (χ4n) is 2.68. The first-order chi connectivity index (χ1) is 9.99. The lowest BCUT2D eigenvalue weighted by molar-refractivity contribution is -0.142. The predicted octanol–water partition coefficient (Wildman–Crippen LogP) is 0.128. The van der Waals surface area contributed by atoms with E-state index in [2.05, 4.69) is 0 Å². The lowest BCUT2D eigenvalue weighted by atomic mass is 9.98. The molecule has 0 bridgehead atoms. The third-order valence-electron chi connectivity index (χ3n) is 3.82. The molecule has 1 aliphatic rings. The van der Waals surface area contributed by atoms with Gasteiger partial charge in [0, 0.05) is 6.54 Å². The van der Waals surface area contributed by atoms with Gasteiger partial charge in [0.25, 0.3) is 0 Å². The fraction of sp³-hybridized carbons (Fsp3) is 0.467. The van der Waals surface area contributed by atoms with Gasteiger partial charge >= 0.3 is 0 Å². The molecule has 5 N–H and O–H groups in total. The molecule has 114 valence electrons. The van der Waals surface area contributed by atoms with Crippen molar-refractivity contribution in [1.29, 1.82) is 0 Å². The van der Waals surface area contributed by atoms with Crippen LogP contribution in [0.3, 0.4) is 0 Å². The number of carbonyl (C=O) groups excluding carboxylic acids is 2. The number of hydrogen-bond donors (Lipinski definition) is 3. The summed E-state index contributed by atoms with van der Waals surface area (Å²) in [6.07, 6.45) is 2.72. The third-order valence-corrected chi connectivity index (χ3v) is 3.82. The highest BCUT2D eigenvalue weighted by Gasteiger charge is 2.33. The first-order valence-corrected chi connectivity index (χ1v) is 7.12. The zero-order valence-electron chi connectivity index (χ0n) is 11.9. The average Bonchev–Trinajstić information content (AvgIpc) is 2.48. The van der Waals surface area contributed by atoms with Gasteiger partial charge < -0.3 is 21.5 Å². The number of primary amides is 1. The normalized spacial score (nSPS) is 20.0. The number of amides is 2. The Morgan fingerprint density at radius 2 is 1.95 bits per heavy atom. The van der Waals surface area contributed by atoms with E-state index >= 15 is 0 Å². The molecule has 1 aromatic rings. The van der Waals surface area contributed by atoms with E-state index in [0.717, 1.165) is 18.4 Å². The minimum Gasteiger partial charge on any atom is -0.508 e. The lowest BCUT2D eigenvalue weighted by Gasteiger charge is -2.35. The second-order valence-electron chi connectivity index (χ2n) is 5.42. The van der Waals surface area contributed by atoms with Gasteiger partial charge in [0.2, 0.25) is 11.8 Å². The van der Waals surface area contributed by atoms with Crippen molar-refractivity contribution in [3.8, 4) is 5.75 Å². The van der Waals surface area contributed by atoms with Crippen LogP contribution in [-0.4, -0.2) is 40.4 Å². The number of rotatable bonds is 4. The van der Waals surface area contributed by atoms with Crippen LogP contribution in [0.2, 0.25) is 0 Å². The molecule has 0 spiro atoms. The minimum absolute atomic E-state index is 0.170. The summed E-state index contributed by atoms with van der Waals surface area (Å²) in [6.45, 7) is 0.524. The molecule has 6 heteroatoms. The van der Waals surface area contributed by atoms with Crippen LogP contribution >= 0.6 is 0 Å². The minimum atomic E-state index is -0.713. The number of carbonyl (C=O) groups is 2. The Labute approximate surface area is 123 Å². The van der Waals surface area contributed by atoms with Crippen LogP contribution in [0.1, 0.15) is 24.8 Å². The highest BCUT2D eigenvalue weighted by Crippen LogP contribution is 2.18. The fourth-order valence-corrected chi connectivity index (χ4v) is 2.68. The van der Waals surface area contributed by atoms with Crippen molar-refractivity contribution in [2.45, 2.75) is 37.8 Å². The maximum atomic E-state index is 12.4. The van der Waals surface area contributed by atoms with Crippen LogP contribution in [0.25, 0.3) is 0 Å². The molecule has 1 fully saturated rings. The Hall–Kier alpha value is -2.08. The maximum Gasteiger partial charge on any atom is 0.240 e. The van der Waals surface area contributed by atoms with Crippen molar-refractivity contribution in [2.75, 3.05) is 6.54 Å². The molecular formula is C15H21N3O3. The molecule has 1 heterocycles. The van der Waals surface area contributed by atoms with Gasteiger partial charge in [0.15, 0.2) is 0 Å². The Bertz CT molecular complexity index is 515. The number of nitrogens with zero attached hydrogens (tertiary/aromatic N) is 1. The number of phenolic OH excluding ortho intramolecular Hbond substituents is 1. The van der Waals surface area contributed by atoms with Crippen LogP contribution in [0, 0.1) is 0 Å². The number of hydrogen-bond acceptors (Lipinski definition) is 4. The quantitative estimate of drug-likeness (QED) is 0.732. The predicted molar refractivity (Wildman–Crippen MR) is 78.3 cm³/mol. The molecule has 6 nitrogen and oxygen atoms in total. The van der Waals surface area contributed by atoms with E-state index in [4.69, 9.17) is 11.5 Å². The molecule has 1 saturated heterocycles. The molecule has 0 aliphatic carbocycles. The standard InChI is InChI=1S/C15H21N3O3/c16-12(9-10-4-6-11(19)7-5-10)15(21)18-8-2-1-3-13(18)14(17)20/h4-7,12-13,19H,1-3,8-9,16H2,(H2,17,20). The number of piperidine rings is 1. The zero-order valence-corrected chi connectivity index (χ0v) is 11.9. The van der Waals surface area contributed by atoms with Crippen molar-refractivity contribution >= 4 is 11.8 Å². The van der Waals surface area contributed by atoms with Crippen LogP contribution in [0.5, 0.6) is 5.75 Å². The molecule has 2 atom stereocenters. The lowest BCUT2D eigenvalue weighted by Crippen LogP contribution is -2.55. The van der Waals surface area contributed by atoms with Crippen LogP contribution < -0.4 is 11.5 Å². The van der Waals surface area contributed by atoms with Crippen LogP contribution in [-0.2, 0) is 16.0 Å². The van der Waals surface area contributed by atoms with Crippen LogP contribution in [0.4, 0.5) is 0 Å². The summed E-state index contributed by atoms with van der Waals surface area (Å²) in [6, 6.07) is 5.31. The maximum absolute atomic E-state index is 12.4. The number of benzene rings is 1. The molecule has 2 amide bonds. The molecular weight excluding hydrogens is 270 g/mol. The first-order valence-electron chi connectivity index (χ1n) is 7.12. The topological polar surface area (TPSA) is 110 Å². The molecule has 1 aromatic carbocycles. The molecule has 0 saturated carbocycles. The summed E-state index contributed by atoms with van der Waals surface area (Å²) in [5, 5.41) is 9.24. The summed E-state index contributed by atoms with van der Waals surface area (Å²) >= 11 is 0. The Kier molecular flexibility index (Phi) is 4.80. The first kappa shape index (κ1) is 15.3. The summed E-state index contributed by atoms with van der Waals surface area (Å²) in [4.78, 5) is 25.4. The van der Waals surface area contributed by atoms with Gasteiger partial charge in [0.1, 0.15) is 11.8 Å². The van der Waals surface area contributed by atoms with Gasteiger partial charge in [-0.25, -0.2) is 0 Å². The third kappa shape index (κ3) is 3.72. The van der Waals surface area contributed by atoms with E-state index in [1.165, 1.54) is 4.90 Å². The zero-order chi connectivity index (χ0) is 15.4. The summed E-state index contributed by atoms with van der Waals surface area (Å²) < 4.78 is 0. The number of aromatic hydroxyl groups is 1. The van der Waals surface area contributed by atoms with Crippen molar-refractivity contribution in [3.05, 3.63) is 29.8 Å². The number of nitrogens with two attached hydrogens (primary N) is 2. The van der Waals surface area contributed by atoms with E-state index in [0.29, 0.717) is 19.4 Å². The summed E-state index contributed by atoms with van der Waals surface area (Å²) in [5.74, 6) is -0.546. The van der Waals surface area contributed by atoms with Gasteiger partial charge in [-0.15, -0.1) is 0 Å². The van der Waals surface area contributed by atoms with Crippen molar-refractivity contribution in [2.24, 2.45) is 11.5 Å². The van der Waals surface area contributed by atoms with Gasteiger partial charge in [-0.3, -0.25) is 9.59 Å². The summed E-state index contributed by atoms with van der Waals surface area (Å²) in [7, 11) is 0. The van der Waals surface area contributed by atoms with Crippen molar-refractivity contribution in [3.63, 3.8) is 0 Å². The molecule has 0 aromatic heterocycles. The Morgan fingerprint density at radius 1 is 1.29 bits per heavy atom. The number of phenols is 1. The highest BCUT2D eigenvalue weighted by atomic mass is 16.3. The molecule has 2 rings (SSSR count). The highest BCUT2D eigenvalue weighted by molar-refractivity contribution is 5.89. The molecule has 21 heavy (non-hydrogen) atoms. The van der Waals surface area contributed by atoms with Gasteiger partial charge in [-0.1, -0.05) is 12.1 Å². The number of likely N-dealkylation sites (tertiary alicyclic amines) is 1. The second-order valence-corrected chi connectivity index (χ2v) is 5.42. The van der Waals surface area contributed by atoms with Crippen molar-refractivity contribution in [1.82, 2.24) is 4.90 Å². The van der Waals surface area contributed by atoms with Gasteiger partial charge in [-0.2, -0.15) is 0 Å². The monoisotopic (exact) mass is 291 g/mol. The van der Waals surface area contributed by atoms with Crippen molar-refractivity contribution < 1.29 is 14.7 Å².